The molecule has 0 spiro atoms. The standard InChI is InChI=1S/C34H25F3N8/c1-22-10-14-24(15-11-22)40-32-38-20-18-28(42-32)26-6-2-4-8-30(26)44-45-31-9-5-3-7-27(31)29-19-21-39-33(43-29)41-25-16-12-23(13-17-25)34(35,36)37/h2-21H,1H3,(H,38,40,42)(H,39,41,43). The molecule has 0 unspecified atom stereocenters. The van der Waals surface area contributed by atoms with Crippen molar-refractivity contribution in [1.82, 2.24) is 19.9 Å². The summed E-state index contributed by atoms with van der Waals surface area (Å²) in [6, 6.07) is 31.1. The monoisotopic (exact) mass is 602 g/mol. The molecular weight excluding hydrogens is 577 g/mol. The number of aromatic nitrogens is 4. The van der Waals surface area contributed by atoms with Crippen LogP contribution in [0.2, 0.25) is 0 Å². The largest absolute Gasteiger partial charge is 0.416 e. The Labute approximate surface area is 256 Å². The van der Waals surface area contributed by atoms with Crippen molar-refractivity contribution >= 4 is 34.6 Å². The molecule has 6 rings (SSSR count). The number of alkyl halides is 3. The van der Waals surface area contributed by atoms with Gasteiger partial charge in [0, 0.05) is 34.9 Å². The maximum Gasteiger partial charge on any atom is 0.416 e. The van der Waals surface area contributed by atoms with Gasteiger partial charge >= 0.3 is 6.18 Å². The molecule has 2 N–H and O–H groups in total. The fraction of sp³-hybridized carbons (Fsp3) is 0.0588. The number of hydrogen-bond acceptors (Lipinski definition) is 8. The molecule has 0 amide bonds. The van der Waals surface area contributed by atoms with Crippen LogP contribution in [0, 0.1) is 6.92 Å². The van der Waals surface area contributed by atoms with Crippen LogP contribution in [0.25, 0.3) is 22.5 Å². The van der Waals surface area contributed by atoms with Gasteiger partial charge in [0.1, 0.15) is 0 Å². The van der Waals surface area contributed by atoms with Crippen molar-refractivity contribution in [2.45, 2.75) is 13.1 Å². The number of rotatable bonds is 8. The van der Waals surface area contributed by atoms with Gasteiger partial charge in [0.05, 0.1) is 28.3 Å². The number of aryl methyl sites for hydroxylation is 1. The molecule has 0 saturated heterocycles. The molecule has 0 aliphatic carbocycles. The molecule has 0 bridgehead atoms. The summed E-state index contributed by atoms with van der Waals surface area (Å²) in [5.41, 5.74) is 5.61. The van der Waals surface area contributed by atoms with Gasteiger partial charge in [-0.15, -0.1) is 10.2 Å². The average molecular weight is 603 g/mol. The van der Waals surface area contributed by atoms with E-state index >= 15 is 0 Å². The molecule has 8 nitrogen and oxygen atoms in total. The third kappa shape index (κ3) is 7.16. The highest BCUT2D eigenvalue weighted by Gasteiger charge is 2.30. The Balaban J connectivity index is 1.24. The Morgan fingerprint density at radius 1 is 0.556 bits per heavy atom. The Hall–Kier alpha value is -5.97. The smallest absolute Gasteiger partial charge is 0.324 e. The number of nitrogens with zero attached hydrogens (tertiary/aromatic N) is 6. The van der Waals surface area contributed by atoms with Gasteiger partial charge in [0.2, 0.25) is 11.9 Å². The molecule has 2 heterocycles. The Kier molecular flexibility index (Phi) is 8.23. The van der Waals surface area contributed by atoms with Crippen molar-refractivity contribution in [3.63, 3.8) is 0 Å². The van der Waals surface area contributed by atoms with E-state index in [4.69, 9.17) is 4.98 Å². The van der Waals surface area contributed by atoms with E-state index in [1.54, 1.807) is 18.5 Å². The van der Waals surface area contributed by atoms with Crippen LogP contribution in [0.3, 0.4) is 0 Å². The molecule has 0 atom stereocenters. The lowest BCUT2D eigenvalue weighted by Crippen LogP contribution is -2.04. The second kappa shape index (κ2) is 12.7. The van der Waals surface area contributed by atoms with Gasteiger partial charge < -0.3 is 10.6 Å². The van der Waals surface area contributed by atoms with E-state index in [-0.39, 0.29) is 5.95 Å². The van der Waals surface area contributed by atoms with Crippen LogP contribution in [0.1, 0.15) is 11.1 Å². The lowest BCUT2D eigenvalue weighted by atomic mass is 10.1. The van der Waals surface area contributed by atoms with Gasteiger partial charge in [-0.05, 0) is 67.6 Å². The van der Waals surface area contributed by atoms with Crippen molar-refractivity contribution in [2.24, 2.45) is 10.2 Å². The van der Waals surface area contributed by atoms with E-state index in [1.807, 2.05) is 85.8 Å². The molecule has 11 heteroatoms. The quantitative estimate of drug-likeness (QED) is 0.168. The zero-order valence-corrected chi connectivity index (χ0v) is 23.9. The lowest BCUT2D eigenvalue weighted by molar-refractivity contribution is -0.137. The molecule has 2 aromatic heterocycles. The summed E-state index contributed by atoms with van der Waals surface area (Å²) in [5.74, 6) is 0.682. The molecule has 0 aliphatic rings. The van der Waals surface area contributed by atoms with E-state index in [9.17, 15) is 13.2 Å². The predicted octanol–water partition coefficient (Wildman–Crippen LogP) is 9.83. The number of hydrogen-bond donors (Lipinski definition) is 2. The van der Waals surface area contributed by atoms with Gasteiger partial charge in [-0.1, -0.05) is 54.1 Å². The van der Waals surface area contributed by atoms with E-state index in [2.05, 4.69) is 35.8 Å². The van der Waals surface area contributed by atoms with Crippen LogP contribution in [-0.4, -0.2) is 19.9 Å². The molecule has 0 fully saturated rings. The maximum atomic E-state index is 12.9. The summed E-state index contributed by atoms with van der Waals surface area (Å²) >= 11 is 0. The summed E-state index contributed by atoms with van der Waals surface area (Å²) in [5, 5.41) is 15.3. The van der Waals surface area contributed by atoms with E-state index in [0.29, 0.717) is 40.0 Å². The fourth-order valence-electron chi connectivity index (χ4n) is 4.44. The first-order chi connectivity index (χ1) is 21.8. The molecule has 0 saturated carbocycles. The fourth-order valence-corrected chi connectivity index (χ4v) is 4.44. The topological polar surface area (TPSA) is 100 Å². The Bertz CT molecular complexity index is 1960. The van der Waals surface area contributed by atoms with Crippen LogP contribution in [-0.2, 0) is 6.18 Å². The van der Waals surface area contributed by atoms with E-state index in [0.717, 1.165) is 28.9 Å². The van der Waals surface area contributed by atoms with Crippen molar-refractivity contribution < 1.29 is 13.2 Å². The Morgan fingerprint density at radius 3 is 1.47 bits per heavy atom. The predicted molar refractivity (Wildman–Crippen MR) is 168 cm³/mol. The van der Waals surface area contributed by atoms with E-state index in [1.165, 1.54) is 12.1 Å². The molecule has 0 radical (unpaired) electrons. The van der Waals surface area contributed by atoms with Gasteiger partial charge in [-0.2, -0.15) is 13.2 Å². The first-order valence-corrected chi connectivity index (χ1v) is 13.9. The van der Waals surface area contributed by atoms with Crippen molar-refractivity contribution in [3.05, 3.63) is 133 Å². The summed E-state index contributed by atoms with van der Waals surface area (Å²) in [6.45, 7) is 2.03. The van der Waals surface area contributed by atoms with Crippen molar-refractivity contribution in [2.75, 3.05) is 10.6 Å². The lowest BCUT2D eigenvalue weighted by Gasteiger charge is -2.10. The van der Waals surface area contributed by atoms with Crippen LogP contribution in [0.15, 0.2) is 132 Å². The number of anilines is 4. The minimum absolute atomic E-state index is 0.225. The van der Waals surface area contributed by atoms with Gasteiger partial charge in [-0.25, -0.2) is 19.9 Å². The Morgan fingerprint density at radius 2 is 1.00 bits per heavy atom. The summed E-state index contributed by atoms with van der Waals surface area (Å²) < 4.78 is 38.8. The number of benzene rings is 4. The maximum absolute atomic E-state index is 12.9. The van der Waals surface area contributed by atoms with Gasteiger partial charge in [-0.3, -0.25) is 0 Å². The van der Waals surface area contributed by atoms with E-state index < -0.39 is 11.7 Å². The normalized spacial score (nSPS) is 11.5. The molecular formula is C34H25F3N8. The third-order valence-corrected chi connectivity index (χ3v) is 6.71. The minimum atomic E-state index is -4.41. The SMILES string of the molecule is Cc1ccc(Nc2nccc(-c3ccccc3N=Nc3ccccc3-c3ccnc(Nc4ccc(C(F)(F)F)cc4)n3)n2)cc1. The summed E-state index contributed by atoms with van der Waals surface area (Å²) in [6.07, 6.45) is -1.16. The third-order valence-electron chi connectivity index (χ3n) is 6.71. The minimum Gasteiger partial charge on any atom is -0.324 e. The second-order valence-corrected chi connectivity index (χ2v) is 9.96. The van der Waals surface area contributed by atoms with Crippen LogP contribution in [0.5, 0.6) is 0 Å². The summed E-state index contributed by atoms with van der Waals surface area (Å²) in [4.78, 5) is 17.8. The van der Waals surface area contributed by atoms with Crippen molar-refractivity contribution in [1.29, 1.82) is 0 Å². The molecule has 222 valence electrons. The first kappa shape index (κ1) is 29.1. The van der Waals surface area contributed by atoms with Crippen LogP contribution < -0.4 is 10.6 Å². The zero-order valence-electron chi connectivity index (χ0n) is 23.9. The average Bonchev–Trinajstić information content (AvgIpc) is 3.05. The highest BCUT2D eigenvalue weighted by atomic mass is 19.4. The van der Waals surface area contributed by atoms with Gasteiger partial charge in [0.25, 0.3) is 0 Å². The van der Waals surface area contributed by atoms with Gasteiger partial charge in [0.15, 0.2) is 0 Å². The highest BCUT2D eigenvalue weighted by molar-refractivity contribution is 5.76. The van der Waals surface area contributed by atoms with Crippen LogP contribution in [0.4, 0.5) is 47.8 Å². The van der Waals surface area contributed by atoms with Crippen LogP contribution >= 0.6 is 0 Å². The van der Waals surface area contributed by atoms with Crippen molar-refractivity contribution in [3.8, 4) is 22.5 Å². The first-order valence-electron chi connectivity index (χ1n) is 13.9. The second-order valence-electron chi connectivity index (χ2n) is 9.96. The molecule has 0 aliphatic heterocycles. The number of halogens is 3. The number of nitrogens with one attached hydrogen (secondary N) is 2. The molecule has 45 heavy (non-hydrogen) atoms. The zero-order chi connectivity index (χ0) is 31.2. The summed E-state index contributed by atoms with van der Waals surface area (Å²) in [7, 11) is 0. The molecule has 4 aromatic carbocycles. The number of azo groups is 1. The highest BCUT2D eigenvalue weighted by Crippen LogP contribution is 2.35. The molecule has 6 aromatic rings.